The smallest absolute Gasteiger partial charge is 0.268 e. The molecule has 0 bridgehead atoms. The molecule has 10 nitrogen and oxygen atoms in total. The van der Waals surface area contributed by atoms with Crippen LogP contribution in [0.4, 0.5) is 20.3 Å². The van der Waals surface area contributed by atoms with E-state index in [4.69, 9.17) is 10.00 Å². The van der Waals surface area contributed by atoms with Gasteiger partial charge in [0.05, 0.1) is 18.5 Å². The second kappa shape index (κ2) is 11.1. The van der Waals surface area contributed by atoms with Gasteiger partial charge in [0.1, 0.15) is 29.2 Å². The van der Waals surface area contributed by atoms with Crippen LogP contribution in [0, 0.1) is 29.9 Å². The van der Waals surface area contributed by atoms with Gasteiger partial charge in [-0.15, -0.1) is 0 Å². The first-order valence-electron chi connectivity index (χ1n) is 12.1. The number of halogens is 2. The predicted molar refractivity (Wildman–Crippen MR) is 145 cm³/mol. The van der Waals surface area contributed by atoms with Crippen molar-refractivity contribution < 1.29 is 23.1 Å². The number of hydrogen-bond acceptors (Lipinski definition) is 6. The highest BCUT2D eigenvalue weighted by Gasteiger charge is 2.17. The third-order valence-electron chi connectivity index (χ3n) is 5.96. The van der Waals surface area contributed by atoms with Crippen molar-refractivity contribution in [3.05, 3.63) is 112 Å². The summed E-state index contributed by atoms with van der Waals surface area (Å²) >= 11 is 0. The Kier molecular flexibility index (Phi) is 7.25. The lowest BCUT2D eigenvalue weighted by atomic mass is 10.2. The van der Waals surface area contributed by atoms with E-state index in [-0.39, 0.29) is 35.0 Å². The fourth-order valence-corrected chi connectivity index (χ4v) is 4.05. The molecular weight excluding hydrogens is 534 g/mol. The van der Waals surface area contributed by atoms with Gasteiger partial charge in [0.25, 0.3) is 11.5 Å². The molecule has 0 saturated heterocycles. The summed E-state index contributed by atoms with van der Waals surface area (Å²) in [5.41, 5.74) is 0.716. The molecule has 0 aliphatic heterocycles. The minimum absolute atomic E-state index is 0.0935. The number of nitriles is 1. The zero-order valence-electron chi connectivity index (χ0n) is 21.4. The number of amides is 2. The second-order valence-electron chi connectivity index (χ2n) is 8.85. The summed E-state index contributed by atoms with van der Waals surface area (Å²) in [5, 5.41) is 13.6. The van der Waals surface area contributed by atoms with E-state index in [1.165, 1.54) is 59.4 Å². The van der Waals surface area contributed by atoms with Crippen LogP contribution in [-0.4, -0.2) is 25.8 Å². The number of rotatable bonds is 7. The van der Waals surface area contributed by atoms with Crippen molar-refractivity contribution in [2.75, 3.05) is 10.6 Å². The quantitative estimate of drug-likeness (QED) is 0.292. The standard InChI is InChI=1S/C29H20F2N6O4/c1-17-2-9-22(29(40)37(17)20-6-3-18(30)4-7-20)28(39)33-19-5-10-24(23(31)14-19)41-21-8-11-26-34-25(16-36(26)15-21)35-27(38)12-13-32/h2-11,14-16H,12H2,1H3,(H,33,39)(H,35,38). The van der Waals surface area contributed by atoms with Crippen LogP contribution in [0.3, 0.4) is 0 Å². The molecule has 2 amide bonds. The summed E-state index contributed by atoms with van der Waals surface area (Å²) in [6.07, 6.45) is 2.74. The van der Waals surface area contributed by atoms with Crippen LogP contribution in [0.5, 0.6) is 11.5 Å². The molecule has 41 heavy (non-hydrogen) atoms. The van der Waals surface area contributed by atoms with Crippen molar-refractivity contribution in [2.24, 2.45) is 0 Å². The molecule has 3 aromatic heterocycles. The zero-order chi connectivity index (χ0) is 29.1. The summed E-state index contributed by atoms with van der Waals surface area (Å²) in [5.74, 6) is -2.10. The van der Waals surface area contributed by atoms with Gasteiger partial charge in [-0.2, -0.15) is 5.26 Å². The van der Waals surface area contributed by atoms with Crippen molar-refractivity contribution in [1.82, 2.24) is 14.0 Å². The number of carbonyl (C=O) groups excluding carboxylic acids is 2. The number of pyridine rings is 2. The number of ether oxygens (including phenoxy) is 1. The Morgan fingerprint density at radius 2 is 1.78 bits per heavy atom. The average Bonchev–Trinajstić information content (AvgIpc) is 3.32. The monoisotopic (exact) mass is 554 g/mol. The van der Waals surface area contributed by atoms with Gasteiger partial charge in [-0.25, -0.2) is 13.8 Å². The molecule has 0 unspecified atom stereocenters. The van der Waals surface area contributed by atoms with Crippen molar-refractivity contribution in [2.45, 2.75) is 13.3 Å². The van der Waals surface area contributed by atoms with Crippen LogP contribution >= 0.6 is 0 Å². The van der Waals surface area contributed by atoms with Crippen molar-refractivity contribution in [3.63, 3.8) is 0 Å². The van der Waals surface area contributed by atoms with Crippen molar-refractivity contribution in [3.8, 4) is 23.3 Å². The lowest BCUT2D eigenvalue weighted by Crippen LogP contribution is -2.29. The normalized spacial score (nSPS) is 10.7. The highest BCUT2D eigenvalue weighted by molar-refractivity contribution is 6.04. The summed E-state index contributed by atoms with van der Waals surface area (Å²) in [6, 6.07) is 16.9. The van der Waals surface area contributed by atoms with E-state index >= 15 is 0 Å². The largest absolute Gasteiger partial charge is 0.453 e. The molecule has 3 heterocycles. The second-order valence-corrected chi connectivity index (χ2v) is 8.85. The molecule has 2 aromatic carbocycles. The number of aromatic nitrogens is 3. The molecule has 5 rings (SSSR count). The molecule has 204 valence electrons. The number of imidazole rings is 1. The topological polar surface area (TPSA) is 131 Å². The van der Waals surface area contributed by atoms with E-state index in [1.54, 1.807) is 35.6 Å². The maximum Gasteiger partial charge on any atom is 0.268 e. The fraction of sp³-hybridized carbons (Fsp3) is 0.0690. The first-order valence-corrected chi connectivity index (χ1v) is 12.1. The molecule has 5 aromatic rings. The number of hydrogen-bond donors (Lipinski definition) is 2. The summed E-state index contributed by atoms with van der Waals surface area (Å²) in [7, 11) is 0. The SMILES string of the molecule is Cc1ccc(C(=O)Nc2ccc(Oc3ccc4nc(NC(=O)CC#N)cn4c3)c(F)c2)c(=O)n1-c1ccc(F)cc1. The third kappa shape index (κ3) is 5.79. The van der Waals surface area contributed by atoms with Gasteiger partial charge < -0.3 is 19.8 Å². The van der Waals surface area contributed by atoms with E-state index in [0.29, 0.717) is 17.0 Å². The number of benzene rings is 2. The van der Waals surface area contributed by atoms with E-state index in [1.807, 2.05) is 0 Å². The van der Waals surface area contributed by atoms with Crippen LogP contribution in [0.25, 0.3) is 11.3 Å². The minimum atomic E-state index is -0.773. The Morgan fingerprint density at radius 1 is 1.00 bits per heavy atom. The molecule has 0 saturated carbocycles. The zero-order valence-corrected chi connectivity index (χ0v) is 21.4. The van der Waals surface area contributed by atoms with Gasteiger partial charge in [0.15, 0.2) is 17.4 Å². The van der Waals surface area contributed by atoms with Crippen LogP contribution in [0.15, 0.2) is 83.9 Å². The molecular formula is C29H20F2N6O4. The lowest BCUT2D eigenvalue weighted by molar-refractivity contribution is -0.115. The summed E-state index contributed by atoms with van der Waals surface area (Å²) in [6.45, 7) is 1.68. The third-order valence-corrected chi connectivity index (χ3v) is 5.96. The summed E-state index contributed by atoms with van der Waals surface area (Å²) < 4.78 is 36.7. The molecule has 0 atom stereocenters. The molecule has 0 radical (unpaired) electrons. The van der Waals surface area contributed by atoms with Crippen molar-refractivity contribution >= 4 is 29.0 Å². The Balaban J connectivity index is 1.31. The van der Waals surface area contributed by atoms with Gasteiger partial charge in [-0.3, -0.25) is 19.0 Å². The molecule has 0 spiro atoms. The number of aryl methyl sites for hydroxylation is 1. The molecule has 0 aliphatic rings. The molecule has 0 aliphatic carbocycles. The number of nitrogens with zero attached hydrogens (tertiary/aromatic N) is 4. The fourth-order valence-electron chi connectivity index (χ4n) is 4.05. The van der Waals surface area contributed by atoms with Gasteiger partial charge in [0.2, 0.25) is 5.91 Å². The molecule has 2 N–H and O–H groups in total. The van der Waals surface area contributed by atoms with E-state index in [0.717, 1.165) is 6.07 Å². The highest BCUT2D eigenvalue weighted by atomic mass is 19.1. The summed E-state index contributed by atoms with van der Waals surface area (Å²) in [4.78, 5) is 41.8. The van der Waals surface area contributed by atoms with Crippen molar-refractivity contribution in [1.29, 1.82) is 5.26 Å². The van der Waals surface area contributed by atoms with Gasteiger partial charge in [-0.1, -0.05) is 0 Å². The number of anilines is 2. The van der Waals surface area contributed by atoms with E-state index < -0.39 is 29.0 Å². The highest BCUT2D eigenvalue weighted by Crippen LogP contribution is 2.27. The maximum absolute atomic E-state index is 14.9. The number of fused-ring (bicyclic) bond motifs is 1. The minimum Gasteiger partial charge on any atom is -0.453 e. The van der Waals surface area contributed by atoms with Gasteiger partial charge >= 0.3 is 0 Å². The van der Waals surface area contributed by atoms with E-state index in [9.17, 15) is 23.2 Å². The Hall–Kier alpha value is -5.83. The first kappa shape index (κ1) is 26.8. The van der Waals surface area contributed by atoms with Crippen LogP contribution in [0.2, 0.25) is 0 Å². The number of carbonyl (C=O) groups is 2. The predicted octanol–water partition coefficient (Wildman–Crippen LogP) is 4.97. The lowest BCUT2D eigenvalue weighted by Gasteiger charge is -2.13. The molecule has 12 heteroatoms. The Labute approximate surface area is 231 Å². The Bertz CT molecular complexity index is 1910. The Morgan fingerprint density at radius 3 is 2.51 bits per heavy atom. The van der Waals surface area contributed by atoms with Gasteiger partial charge in [0, 0.05) is 23.1 Å². The van der Waals surface area contributed by atoms with E-state index in [2.05, 4.69) is 15.6 Å². The molecule has 0 fully saturated rings. The maximum atomic E-state index is 14.9. The van der Waals surface area contributed by atoms with Crippen LogP contribution in [0.1, 0.15) is 22.5 Å². The first-order chi connectivity index (χ1) is 19.7. The van der Waals surface area contributed by atoms with Crippen LogP contribution in [-0.2, 0) is 4.79 Å². The number of nitrogens with one attached hydrogen (secondary N) is 2. The van der Waals surface area contributed by atoms with Gasteiger partial charge in [-0.05, 0) is 67.6 Å². The van der Waals surface area contributed by atoms with Crippen LogP contribution < -0.4 is 20.9 Å². The average molecular weight is 555 g/mol.